The largest absolute Gasteiger partial charge is 0.508 e. The van der Waals surface area contributed by atoms with Gasteiger partial charge in [0.2, 0.25) is 0 Å². The molecule has 0 saturated carbocycles. The van der Waals surface area contributed by atoms with Crippen molar-refractivity contribution in [1.82, 2.24) is 0 Å². The summed E-state index contributed by atoms with van der Waals surface area (Å²) < 4.78 is 34.0. The van der Waals surface area contributed by atoms with Crippen LogP contribution in [-0.2, 0) is 14.9 Å². The molecule has 0 aliphatic carbocycles. The molecule has 5 nitrogen and oxygen atoms in total. The molecule has 0 heterocycles. The highest BCUT2D eigenvalue weighted by Gasteiger charge is 2.51. The van der Waals surface area contributed by atoms with Crippen LogP contribution in [0.25, 0.3) is 0 Å². The standard InChI is InChI=1S/C19H12Cl4O5S/c20-11-3-1-2-10(8-11)19(29(26,27)28,13-5-4-12(24)9-16(13)25)14-6-7-15(21)18(23)17(14)22/h1-9,24-25H,(H,26,27,28). The molecule has 1 unspecified atom stereocenters. The number of benzene rings is 3. The summed E-state index contributed by atoms with van der Waals surface area (Å²) in [7, 11) is -5.08. The van der Waals surface area contributed by atoms with E-state index in [1.165, 1.54) is 36.4 Å². The fraction of sp³-hybridized carbons (Fsp3) is 0.0526. The van der Waals surface area contributed by atoms with Crippen molar-refractivity contribution in [3.05, 3.63) is 91.4 Å². The summed E-state index contributed by atoms with van der Waals surface area (Å²) in [4.78, 5) is 0. The zero-order chi connectivity index (χ0) is 21.6. The van der Waals surface area contributed by atoms with Crippen molar-refractivity contribution >= 4 is 56.5 Å². The molecule has 3 N–H and O–H groups in total. The number of phenolic OH excluding ortho intramolecular Hbond substituents is 2. The van der Waals surface area contributed by atoms with Crippen molar-refractivity contribution in [2.24, 2.45) is 0 Å². The summed E-state index contributed by atoms with van der Waals surface area (Å²) in [6, 6.07) is 11.5. The van der Waals surface area contributed by atoms with Crippen molar-refractivity contribution in [1.29, 1.82) is 0 Å². The third kappa shape index (κ3) is 3.65. The molecule has 3 aromatic carbocycles. The van der Waals surface area contributed by atoms with Crippen LogP contribution in [0.5, 0.6) is 11.5 Å². The summed E-state index contributed by atoms with van der Waals surface area (Å²) in [6.45, 7) is 0. The Morgan fingerprint density at radius 1 is 0.793 bits per heavy atom. The summed E-state index contributed by atoms with van der Waals surface area (Å²) >= 11 is 24.6. The maximum Gasteiger partial charge on any atom is 0.283 e. The normalized spacial score (nSPS) is 13.8. The average Bonchev–Trinajstić information content (AvgIpc) is 2.62. The first kappa shape index (κ1) is 22.0. The van der Waals surface area contributed by atoms with E-state index in [4.69, 9.17) is 46.4 Å². The van der Waals surface area contributed by atoms with Crippen LogP contribution in [0.4, 0.5) is 0 Å². The lowest BCUT2D eigenvalue weighted by Crippen LogP contribution is -2.38. The molecule has 0 aliphatic rings. The van der Waals surface area contributed by atoms with E-state index in [1.54, 1.807) is 0 Å². The number of hydrogen-bond acceptors (Lipinski definition) is 4. The van der Waals surface area contributed by atoms with Gasteiger partial charge in [-0.25, -0.2) is 0 Å². The molecule has 0 bridgehead atoms. The van der Waals surface area contributed by atoms with E-state index < -0.39 is 20.6 Å². The Labute approximate surface area is 186 Å². The minimum absolute atomic E-state index is 0.0196. The van der Waals surface area contributed by atoms with Crippen molar-refractivity contribution in [3.8, 4) is 11.5 Å². The Kier molecular flexibility index (Phi) is 5.98. The van der Waals surface area contributed by atoms with E-state index in [2.05, 4.69) is 0 Å². The smallest absolute Gasteiger partial charge is 0.283 e. The lowest BCUT2D eigenvalue weighted by molar-refractivity contribution is 0.431. The first-order chi connectivity index (χ1) is 13.5. The van der Waals surface area contributed by atoms with Crippen molar-refractivity contribution < 1.29 is 23.2 Å². The Morgan fingerprint density at radius 3 is 2.03 bits per heavy atom. The SMILES string of the molecule is O=S(=O)(O)C(c1cccc(Cl)c1)(c1ccc(O)cc1O)c1ccc(Cl)c(Cl)c1Cl. The van der Waals surface area contributed by atoms with Gasteiger partial charge in [0, 0.05) is 22.2 Å². The molecule has 10 heteroatoms. The summed E-state index contributed by atoms with van der Waals surface area (Å²) in [6.07, 6.45) is 0. The first-order valence-corrected chi connectivity index (χ1v) is 10.8. The maximum atomic E-state index is 13.0. The molecule has 1 atom stereocenters. The monoisotopic (exact) mass is 492 g/mol. The summed E-state index contributed by atoms with van der Waals surface area (Å²) in [5.74, 6) is -0.924. The van der Waals surface area contributed by atoms with Gasteiger partial charge < -0.3 is 10.2 Å². The second kappa shape index (κ2) is 7.87. The average molecular weight is 494 g/mol. The van der Waals surface area contributed by atoms with E-state index in [0.29, 0.717) is 0 Å². The molecule has 0 radical (unpaired) electrons. The molecule has 0 saturated heterocycles. The van der Waals surface area contributed by atoms with Crippen LogP contribution in [0.2, 0.25) is 20.1 Å². The van der Waals surface area contributed by atoms with Crippen LogP contribution in [-0.4, -0.2) is 23.2 Å². The van der Waals surface area contributed by atoms with Crippen LogP contribution >= 0.6 is 46.4 Å². The van der Waals surface area contributed by atoms with Crippen LogP contribution in [0.15, 0.2) is 54.6 Å². The third-order valence-electron chi connectivity index (χ3n) is 4.39. The molecule has 0 amide bonds. The number of phenols is 2. The lowest BCUT2D eigenvalue weighted by atomic mass is 9.83. The second-order valence-electron chi connectivity index (χ2n) is 6.09. The van der Waals surface area contributed by atoms with Gasteiger partial charge in [-0.3, -0.25) is 4.55 Å². The van der Waals surface area contributed by atoms with Crippen molar-refractivity contribution in [2.75, 3.05) is 0 Å². The van der Waals surface area contributed by atoms with Gasteiger partial charge in [0.1, 0.15) is 11.5 Å². The molecule has 3 aromatic rings. The van der Waals surface area contributed by atoms with Gasteiger partial charge in [-0.05, 0) is 35.9 Å². The zero-order valence-corrected chi connectivity index (χ0v) is 18.1. The zero-order valence-electron chi connectivity index (χ0n) is 14.3. The quantitative estimate of drug-likeness (QED) is 0.239. The van der Waals surface area contributed by atoms with Crippen molar-refractivity contribution in [2.45, 2.75) is 4.75 Å². The van der Waals surface area contributed by atoms with Crippen LogP contribution in [0.1, 0.15) is 16.7 Å². The molecule has 0 fully saturated rings. The van der Waals surface area contributed by atoms with Gasteiger partial charge in [-0.2, -0.15) is 8.42 Å². The number of rotatable bonds is 4. The number of aromatic hydroxyl groups is 2. The Morgan fingerprint density at radius 2 is 1.45 bits per heavy atom. The van der Waals surface area contributed by atoms with E-state index in [-0.39, 0.29) is 42.5 Å². The van der Waals surface area contributed by atoms with E-state index in [1.807, 2.05) is 0 Å². The lowest BCUT2D eigenvalue weighted by Gasteiger charge is -2.34. The number of halogens is 4. The molecule has 0 aromatic heterocycles. The predicted molar refractivity (Wildman–Crippen MR) is 114 cm³/mol. The fourth-order valence-corrected chi connectivity index (χ4v) is 5.45. The topological polar surface area (TPSA) is 94.8 Å². The van der Waals surface area contributed by atoms with E-state index in [9.17, 15) is 23.2 Å². The molecular weight excluding hydrogens is 482 g/mol. The fourth-order valence-electron chi connectivity index (χ4n) is 3.21. The van der Waals surface area contributed by atoms with Gasteiger partial charge in [0.05, 0.1) is 15.1 Å². The third-order valence-corrected chi connectivity index (χ3v) is 7.37. The minimum atomic E-state index is -5.08. The summed E-state index contributed by atoms with van der Waals surface area (Å²) in [5.41, 5.74) is -0.464. The Balaban J connectivity index is 2.61. The minimum Gasteiger partial charge on any atom is -0.508 e. The predicted octanol–water partition coefficient (Wildman–Crippen LogP) is 5.89. The highest BCUT2D eigenvalue weighted by atomic mass is 35.5. The van der Waals surface area contributed by atoms with Gasteiger partial charge in [0.15, 0.2) is 4.75 Å². The Hall–Kier alpha value is -1.67. The molecule has 29 heavy (non-hydrogen) atoms. The Bertz CT molecular complexity index is 1210. The van der Waals surface area contributed by atoms with Gasteiger partial charge in [-0.1, -0.05) is 64.6 Å². The second-order valence-corrected chi connectivity index (χ2v) is 9.25. The molecule has 0 aliphatic heterocycles. The number of hydrogen-bond donors (Lipinski definition) is 3. The molecule has 3 rings (SSSR count). The van der Waals surface area contributed by atoms with Crippen molar-refractivity contribution in [3.63, 3.8) is 0 Å². The molecular formula is C19H12Cl4O5S. The van der Waals surface area contributed by atoms with Gasteiger partial charge in [-0.15, -0.1) is 0 Å². The van der Waals surface area contributed by atoms with Crippen LogP contribution in [0.3, 0.4) is 0 Å². The van der Waals surface area contributed by atoms with E-state index >= 15 is 0 Å². The highest BCUT2D eigenvalue weighted by Crippen LogP contribution is 2.51. The first-order valence-electron chi connectivity index (χ1n) is 7.89. The van der Waals surface area contributed by atoms with Gasteiger partial charge >= 0.3 is 0 Å². The van der Waals surface area contributed by atoms with Crippen LogP contribution in [0, 0.1) is 0 Å². The molecule has 152 valence electrons. The van der Waals surface area contributed by atoms with Gasteiger partial charge in [0.25, 0.3) is 10.1 Å². The summed E-state index contributed by atoms with van der Waals surface area (Å²) in [5, 5.41) is 20.0. The molecule has 0 spiro atoms. The van der Waals surface area contributed by atoms with Crippen LogP contribution < -0.4 is 0 Å². The highest BCUT2D eigenvalue weighted by molar-refractivity contribution is 7.87. The maximum absolute atomic E-state index is 13.0. The van der Waals surface area contributed by atoms with E-state index in [0.717, 1.165) is 18.2 Å².